The molecule has 0 amide bonds. The number of benzene rings is 3. The first-order valence-electron chi connectivity index (χ1n) is 10.8. The number of methoxy groups -OCH3 is 2. The summed E-state index contributed by atoms with van der Waals surface area (Å²) >= 11 is 0. The summed E-state index contributed by atoms with van der Waals surface area (Å²) in [5, 5.41) is 11.5. The summed E-state index contributed by atoms with van der Waals surface area (Å²) in [4.78, 5) is 29.0. The molecule has 0 aliphatic carbocycles. The van der Waals surface area contributed by atoms with Gasteiger partial charge in [0.2, 0.25) is 0 Å². The lowest BCUT2D eigenvalue weighted by Gasteiger charge is -2.14. The van der Waals surface area contributed by atoms with Gasteiger partial charge in [0.1, 0.15) is 11.6 Å². The van der Waals surface area contributed by atoms with Crippen LogP contribution in [0.15, 0.2) is 65.5 Å². The molecule has 0 unspecified atom stereocenters. The average molecular weight is 473 g/mol. The summed E-state index contributed by atoms with van der Waals surface area (Å²) < 4.78 is 17.7. The van der Waals surface area contributed by atoms with E-state index in [4.69, 9.17) is 19.2 Å². The van der Waals surface area contributed by atoms with Crippen LogP contribution in [-0.2, 0) is 0 Å². The normalized spacial score (nSPS) is 11.1. The summed E-state index contributed by atoms with van der Waals surface area (Å²) in [6.45, 7) is 2.42. The maximum absolute atomic E-state index is 13.7. The summed E-state index contributed by atoms with van der Waals surface area (Å²) in [6, 6.07) is 16.5. The third-order valence-corrected chi connectivity index (χ3v) is 5.31. The van der Waals surface area contributed by atoms with Crippen LogP contribution >= 0.6 is 0 Å². The molecule has 1 heterocycles. The van der Waals surface area contributed by atoms with Gasteiger partial charge in [0.05, 0.1) is 42.3 Å². The second kappa shape index (κ2) is 10.1. The molecular weight excluding hydrogens is 450 g/mol. The van der Waals surface area contributed by atoms with Crippen molar-refractivity contribution in [3.63, 3.8) is 0 Å². The van der Waals surface area contributed by atoms with E-state index in [0.29, 0.717) is 51.8 Å². The first-order valence-corrected chi connectivity index (χ1v) is 10.8. The standard InChI is InChI=1S/C26H23N3O6/c1-4-35-20-11-9-18(10-12-20)28-25(13-8-17-6-5-7-19(14-17)29(31)32)27-22-16-24(34-3)23(33-2)15-21(22)26(28)30/h5-16H,4H2,1-3H3. The van der Waals surface area contributed by atoms with Crippen molar-refractivity contribution in [2.45, 2.75) is 6.92 Å². The van der Waals surface area contributed by atoms with Crippen molar-refractivity contribution in [1.29, 1.82) is 0 Å². The number of ether oxygens (including phenoxy) is 3. The third-order valence-electron chi connectivity index (χ3n) is 5.31. The number of non-ortho nitro benzene ring substituents is 1. The van der Waals surface area contributed by atoms with E-state index in [9.17, 15) is 14.9 Å². The number of nitro benzene ring substituents is 1. The zero-order chi connectivity index (χ0) is 24.9. The summed E-state index contributed by atoms with van der Waals surface area (Å²) in [5.74, 6) is 1.87. The number of fused-ring (bicyclic) bond motifs is 1. The van der Waals surface area contributed by atoms with Gasteiger partial charge < -0.3 is 14.2 Å². The minimum absolute atomic E-state index is 0.0284. The van der Waals surface area contributed by atoms with Crippen LogP contribution in [0.5, 0.6) is 17.2 Å². The maximum Gasteiger partial charge on any atom is 0.270 e. The first-order chi connectivity index (χ1) is 16.9. The van der Waals surface area contributed by atoms with Crippen molar-refractivity contribution in [3.8, 4) is 22.9 Å². The van der Waals surface area contributed by atoms with E-state index in [1.807, 2.05) is 6.92 Å². The summed E-state index contributed by atoms with van der Waals surface area (Å²) in [5.41, 5.74) is 1.27. The Morgan fingerprint density at radius 3 is 2.37 bits per heavy atom. The Kier molecular flexibility index (Phi) is 6.77. The van der Waals surface area contributed by atoms with Gasteiger partial charge in [-0.15, -0.1) is 0 Å². The van der Waals surface area contributed by atoms with Crippen molar-refractivity contribution < 1.29 is 19.1 Å². The number of nitro groups is 1. The Bertz CT molecular complexity index is 1480. The lowest BCUT2D eigenvalue weighted by atomic mass is 10.1. The predicted octanol–water partition coefficient (Wildman–Crippen LogP) is 4.88. The van der Waals surface area contributed by atoms with E-state index < -0.39 is 4.92 Å². The molecule has 0 aliphatic rings. The van der Waals surface area contributed by atoms with Crippen molar-refractivity contribution in [2.24, 2.45) is 0 Å². The van der Waals surface area contributed by atoms with Crippen LogP contribution < -0.4 is 19.8 Å². The van der Waals surface area contributed by atoms with Crippen molar-refractivity contribution in [2.75, 3.05) is 20.8 Å². The lowest BCUT2D eigenvalue weighted by molar-refractivity contribution is -0.384. The van der Waals surface area contributed by atoms with Crippen LogP contribution in [0.3, 0.4) is 0 Å². The van der Waals surface area contributed by atoms with Crippen LogP contribution in [0, 0.1) is 10.1 Å². The maximum atomic E-state index is 13.7. The molecule has 1 aromatic heterocycles. The van der Waals surface area contributed by atoms with Crippen LogP contribution in [0.1, 0.15) is 18.3 Å². The minimum atomic E-state index is -0.457. The Balaban J connectivity index is 1.92. The molecule has 0 spiro atoms. The monoisotopic (exact) mass is 473 g/mol. The fourth-order valence-corrected chi connectivity index (χ4v) is 3.66. The molecule has 35 heavy (non-hydrogen) atoms. The van der Waals surface area contributed by atoms with E-state index >= 15 is 0 Å². The van der Waals surface area contributed by atoms with Gasteiger partial charge in [-0.25, -0.2) is 4.98 Å². The second-order valence-electron chi connectivity index (χ2n) is 7.45. The molecular formula is C26H23N3O6. The fraction of sp³-hybridized carbons (Fsp3) is 0.154. The van der Waals surface area contributed by atoms with Gasteiger partial charge in [0.25, 0.3) is 11.2 Å². The Labute approximate surface area is 201 Å². The average Bonchev–Trinajstić information content (AvgIpc) is 2.88. The van der Waals surface area contributed by atoms with Gasteiger partial charge in [0.15, 0.2) is 11.5 Å². The number of hydrogen-bond donors (Lipinski definition) is 0. The quantitative estimate of drug-likeness (QED) is 0.265. The highest BCUT2D eigenvalue weighted by Gasteiger charge is 2.15. The molecule has 0 fully saturated rings. The molecule has 3 aromatic carbocycles. The van der Waals surface area contributed by atoms with Gasteiger partial charge in [-0.2, -0.15) is 0 Å². The highest BCUT2D eigenvalue weighted by atomic mass is 16.6. The minimum Gasteiger partial charge on any atom is -0.494 e. The number of nitrogens with zero attached hydrogens (tertiary/aromatic N) is 3. The van der Waals surface area contributed by atoms with Crippen LogP contribution in [0.4, 0.5) is 5.69 Å². The molecule has 178 valence electrons. The molecule has 0 saturated carbocycles. The SMILES string of the molecule is CCOc1ccc(-n2c(C=Cc3cccc([N+](=O)[O-])c3)nc3cc(OC)c(OC)cc3c2=O)cc1. The van der Waals surface area contributed by atoms with E-state index in [1.54, 1.807) is 60.7 Å². The molecule has 0 saturated heterocycles. The van der Waals surface area contributed by atoms with Gasteiger partial charge in [0, 0.05) is 18.2 Å². The highest BCUT2D eigenvalue weighted by Crippen LogP contribution is 2.31. The Morgan fingerprint density at radius 2 is 1.71 bits per heavy atom. The lowest BCUT2D eigenvalue weighted by Crippen LogP contribution is -2.22. The fourth-order valence-electron chi connectivity index (χ4n) is 3.66. The van der Waals surface area contributed by atoms with Crippen molar-refractivity contribution >= 4 is 28.7 Å². The number of aromatic nitrogens is 2. The molecule has 0 atom stereocenters. The largest absolute Gasteiger partial charge is 0.494 e. The van der Waals surface area contributed by atoms with Gasteiger partial charge in [-0.1, -0.05) is 18.2 Å². The van der Waals surface area contributed by atoms with E-state index in [-0.39, 0.29) is 11.2 Å². The molecule has 0 bridgehead atoms. The predicted molar refractivity (Wildman–Crippen MR) is 134 cm³/mol. The topological polar surface area (TPSA) is 106 Å². The second-order valence-corrected chi connectivity index (χ2v) is 7.45. The van der Waals surface area contributed by atoms with Gasteiger partial charge >= 0.3 is 0 Å². The molecule has 0 radical (unpaired) electrons. The van der Waals surface area contributed by atoms with E-state index in [1.165, 1.54) is 30.9 Å². The molecule has 4 rings (SSSR count). The Morgan fingerprint density at radius 1 is 1.00 bits per heavy atom. The van der Waals surface area contributed by atoms with Crippen LogP contribution in [0.2, 0.25) is 0 Å². The smallest absolute Gasteiger partial charge is 0.270 e. The van der Waals surface area contributed by atoms with E-state index in [0.717, 1.165) is 0 Å². The third kappa shape index (κ3) is 4.84. The zero-order valence-electron chi connectivity index (χ0n) is 19.4. The van der Waals surface area contributed by atoms with E-state index in [2.05, 4.69) is 0 Å². The Hall–Kier alpha value is -4.66. The van der Waals surface area contributed by atoms with Crippen molar-refractivity contribution in [3.05, 3.63) is 92.5 Å². The van der Waals surface area contributed by atoms with Crippen molar-refractivity contribution in [1.82, 2.24) is 9.55 Å². The summed E-state index contributed by atoms with van der Waals surface area (Å²) in [7, 11) is 3.01. The van der Waals surface area contributed by atoms with Crippen LogP contribution in [-0.4, -0.2) is 35.3 Å². The van der Waals surface area contributed by atoms with Crippen LogP contribution in [0.25, 0.3) is 28.7 Å². The highest BCUT2D eigenvalue weighted by molar-refractivity contribution is 5.84. The molecule has 0 aliphatic heterocycles. The number of rotatable bonds is 8. The zero-order valence-corrected chi connectivity index (χ0v) is 19.4. The molecule has 9 heteroatoms. The molecule has 9 nitrogen and oxygen atoms in total. The van der Waals surface area contributed by atoms with Gasteiger partial charge in [-0.3, -0.25) is 19.5 Å². The number of hydrogen-bond acceptors (Lipinski definition) is 7. The molecule has 0 N–H and O–H groups in total. The molecule has 4 aromatic rings. The summed E-state index contributed by atoms with van der Waals surface area (Å²) in [6.07, 6.45) is 3.32. The first kappa shape index (κ1) is 23.5. The van der Waals surface area contributed by atoms with Gasteiger partial charge in [-0.05, 0) is 48.9 Å².